The van der Waals surface area contributed by atoms with Gasteiger partial charge >= 0.3 is 0 Å². The SMILES string of the molecule is COc1ccc(C)cc1S(=O)(=O)NCc1ccc(C)s1. The lowest BCUT2D eigenvalue weighted by Gasteiger charge is -2.11. The third-order valence-electron chi connectivity index (χ3n) is 2.84. The van der Waals surface area contributed by atoms with Crippen LogP contribution >= 0.6 is 11.3 Å². The fourth-order valence-corrected chi connectivity index (χ4v) is 4.00. The third kappa shape index (κ3) is 3.39. The Balaban J connectivity index is 2.24. The van der Waals surface area contributed by atoms with Gasteiger partial charge in [-0.05, 0) is 43.7 Å². The highest BCUT2D eigenvalue weighted by Crippen LogP contribution is 2.25. The first-order valence-corrected chi connectivity index (χ1v) is 8.42. The predicted molar refractivity (Wildman–Crippen MR) is 80.8 cm³/mol. The number of aryl methyl sites for hydroxylation is 2. The minimum Gasteiger partial charge on any atom is -0.495 e. The number of hydrogen-bond donors (Lipinski definition) is 1. The van der Waals surface area contributed by atoms with Gasteiger partial charge < -0.3 is 4.74 Å². The fraction of sp³-hybridized carbons (Fsp3) is 0.286. The van der Waals surface area contributed by atoms with Gasteiger partial charge in [-0.25, -0.2) is 13.1 Å². The van der Waals surface area contributed by atoms with Crippen LogP contribution in [0.3, 0.4) is 0 Å². The van der Waals surface area contributed by atoms with E-state index in [-0.39, 0.29) is 11.4 Å². The van der Waals surface area contributed by atoms with Gasteiger partial charge in [0.2, 0.25) is 10.0 Å². The molecule has 4 nitrogen and oxygen atoms in total. The Hall–Kier alpha value is -1.37. The molecule has 108 valence electrons. The lowest BCUT2D eigenvalue weighted by molar-refractivity contribution is 0.402. The summed E-state index contributed by atoms with van der Waals surface area (Å²) in [6.07, 6.45) is 0. The molecular weight excluding hydrogens is 294 g/mol. The molecule has 2 rings (SSSR count). The molecule has 0 atom stereocenters. The monoisotopic (exact) mass is 311 g/mol. The van der Waals surface area contributed by atoms with E-state index in [1.807, 2.05) is 32.0 Å². The van der Waals surface area contributed by atoms with Gasteiger partial charge in [0.1, 0.15) is 10.6 Å². The number of thiophene rings is 1. The van der Waals surface area contributed by atoms with Gasteiger partial charge in [-0.3, -0.25) is 0 Å². The molecule has 0 fully saturated rings. The molecule has 0 saturated heterocycles. The zero-order valence-corrected chi connectivity index (χ0v) is 13.3. The average molecular weight is 311 g/mol. The van der Waals surface area contributed by atoms with Crippen LogP contribution in [-0.4, -0.2) is 15.5 Å². The van der Waals surface area contributed by atoms with E-state index >= 15 is 0 Å². The van der Waals surface area contributed by atoms with Gasteiger partial charge in [-0.2, -0.15) is 0 Å². The lowest BCUT2D eigenvalue weighted by Crippen LogP contribution is -2.23. The van der Waals surface area contributed by atoms with Crippen molar-refractivity contribution in [3.63, 3.8) is 0 Å². The van der Waals surface area contributed by atoms with Gasteiger partial charge in [0.25, 0.3) is 0 Å². The number of nitrogens with one attached hydrogen (secondary N) is 1. The van der Waals surface area contributed by atoms with Crippen LogP contribution in [0.5, 0.6) is 5.75 Å². The van der Waals surface area contributed by atoms with E-state index in [2.05, 4.69) is 4.72 Å². The van der Waals surface area contributed by atoms with E-state index in [0.29, 0.717) is 5.75 Å². The maximum absolute atomic E-state index is 12.4. The second-order valence-electron chi connectivity index (χ2n) is 4.49. The summed E-state index contributed by atoms with van der Waals surface area (Å²) in [5.74, 6) is 0.352. The molecule has 2 aromatic rings. The summed E-state index contributed by atoms with van der Waals surface area (Å²) in [6.45, 7) is 4.13. The molecule has 0 aliphatic carbocycles. The maximum Gasteiger partial charge on any atom is 0.244 e. The van der Waals surface area contributed by atoms with Crippen LogP contribution < -0.4 is 9.46 Å². The zero-order chi connectivity index (χ0) is 14.8. The predicted octanol–water partition coefficient (Wildman–Crippen LogP) is 2.85. The molecule has 0 bridgehead atoms. The molecule has 0 radical (unpaired) electrons. The van der Waals surface area contributed by atoms with E-state index in [4.69, 9.17) is 4.74 Å². The Morgan fingerprint density at radius 3 is 2.55 bits per heavy atom. The van der Waals surface area contributed by atoms with Crippen molar-refractivity contribution < 1.29 is 13.2 Å². The molecule has 0 saturated carbocycles. The van der Waals surface area contributed by atoms with Crippen molar-refractivity contribution in [1.29, 1.82) is 0 Å². The third-order valence-corrected chi connectivity index (χ3v) is 5.26. The number of rotatable bonds is 5. The van der Waals surface area contributed by atoms with Crippen molar-refractivity contribution in [2.75, 3.05) is 7.11 Å². The highest BCUT2D eigenvalue weighted by molar-refractivity contribution is 7.89. The summed E-state index contributed by atoms with van der Waals surface area (Å²) in [6, 6.07) is 9.00. The molecule has 1 aromatic carbocycles. The quantitative estimate of drug-likeness (QED) is 0.924. The minimum atomic E-state index is -3.58. The van der Waals surface area contributed by atoms with E-state index in [0.717, 1.165) is 15.3 Å². The second kappa shape index (κ2) is 5.95. The van der Waals surface area contributed by atoms with Crippen LogP contribution in [0.4, 0.5) is 0 Å². The first-order valence-electron chi connectivity index (χ1n) is 6.12. The molecular formula is C14H17NO3S2. The summed E-state index contributed by atoms with van der Waals surface area (Å²) in [4.78, 5) is 2.32. The molecule has 6 heteroatoms. The van der Waals surface area contributed by atoms with Gasteiger partial charge in [-0.1, -0.05) is 6.07 Å². The Labute approximate surface area is 123 Å². The van der Waals surface area contributed by atoms with Crippen molar-refractivity contribution in [3.05, 3.63) is 45.6 Å². The van der Waals surface area contributed by atoms with E-state index in [9.17, 15) is 8.42 Å². The standard InChI is InChI=1S/C14H17NO3S2/c1-10-4-7-13(18-3)14(8-10)20(16,17)15-9-12-6-5-11(2)19-12/h4-8,15H,9H2,1-3H3. The van der Waals surface area contributed by atoms with Crippen molar-refractivity contribution >= 4 is 21.4 Å². The van der Waals surface area contributed by atoms with E-state index in [1.165, 1.54) is 7.11 Å². The number of sulfonamides is 1. The van der Waals surface area contributed by atoms with Crippen molar-refractivity contribution in [2.24, 2.45) is 0 Å². The molecule has 0 spiro atoms. The van der Waals surface area contributed by atoms with Crippen molar-refractivity contribution in [3.8, 4) is 5.75 Å². The van der Waals surface area contributed by atoms with Crippen molar-refractivity contribution in [2.45, 2.75) is 25.3 Å². The average Bonchev–Trinajstić information content (AvgIpc) is 2.82. The van der Waals surface area contributed by atoms with Gasteiger partial charge in [0.05, 0.1) is 7.11 Å². The van der Waals surface area contributed by atoms with Gasteiger partial charge in [-0.15, -0.1) is 11.3 Å². The lowest BCUT2D eigenvalue weighted by atomic mass is 10.2. The highest BCUT2D eigenvalue weighted by atomic mass is 32.2. The number of ether oxygens (including phenoxy) is 1. The first-order chi connectivity index (χ1) is 9.42. The van der Waals surface area contributed by atoms with Crippen LogP contribution in [-0.2, 0) is 16.6 Å². The summed E-state index contributed by atoms with van der Waals surface area (Å²) < 4.78 is 32.5. The van der Waals surface area contributed by atoms with E-state index in [1.54, 1.807) is 23.5 Å². The second-order valence-corrected chi connectivity index (χ2v) is 7.60. The van der Waals surface area contributed by atoms with E-state index < -0.39 is 10.0 Å². The zero-order valence-electron chi connectivity index (χ0n) is 11.6. The maximum atomic E-state index is 12.4. The first kappa shape index (κ1) is 15.0. The summed E-state index contributed by atoms with van der Waals surface area (Å²) in [7, 11) is -2.12. The topological polar surface area (TPSA) is 55.4 Å². The Morgan fingerprint density at radius 1 is 1.20 bits per heavy atom. The molecule has 1 aromatic heterocycles. The summed E-state index contributed by atoms with van der Waals surface area (Å²) >= 11 is 1.58. The summed E-state index contributed by atoms with van der Waals surface area (Å²) in [5, 5.41) is 0. The van der Waals surface area contributed by atoms with Crippen LogP contribution in [0, 0.1) is 13.8 Å². The van der Waals surface area contributed by atoms with Crippen LogP contribution in [0.2, 0.25) is 0 Å². The number of methoxy groups -OCH3 is 1. The number of hydrogen-bond acceptors (Lipinski definition) is 4. The summed E-state index contributed by atoms with van der Waals surface area (Å²) in [5.41, 5.74) is 0.873. The number of benzene rings is 1. The molecule has 1 heterocycles. The minimum absolute atomic E-state index is 0.174. The molecule has 0 aliphatic rings. The van der Waals surface area contributed by atoms with Crippen LogP contribution in [0.25, 0.3) is 0 Å². The fourth-order valence-electron chi connectivity index (χ4n) is 1.82. The van der Waals surface area contributed by atoms with Crippen LogP contribution in [0.1, 0.15) is 15.3 Å². The van der Waals surface area contributed by atoms with Crippen molar-refractivity contribution in [1.82, 2.24) is 4.72 Å². The Kier molecular flexibility index (Phi) is 4.47. The smallest absolute Gasteiger partial charge is 0.244 e. The molecule has 0 aliphatic heterocycles. The van der Waals surface area contributed by atoms with Gasteiger partial charge in [0, 0.05) is 16.3 Å². The van der Waals surface area contributed by atoms with Gasteiger partial charge in [0.15, 0.2) is 0 Å². The molecule has 20 heavy (non-hydrogen) atoms. The molecule has 0 amide bonds. The Bertz CT molecular complexity index is 705. The van der Waals surface area contributed by atoms with Crippen LogP contribution in [0.15, 0.2) is 35.2 Å². The molecule has 0 unspecified atom stereocenters. The molecule has 1 N–H and O–H groups in total. The largest absolute Gasteiger partial charge is 0.495 e. The Morgan fingerprint density at radius 2 is 1.95 bits per heavy atom. The highest BCUT2D eigenvalue weighted by Gasteiger charge is 2.19. The normalized spacial score (nSPS) is 11.6.